The Morgan fingerprint density at radius 2 is 2.14 bits per heavy atom. The first-order valence-corrected chi connectivity index (χ1v) is 6.51. The lowest BCUT2D eigenvalue weighted by molar-refractivity contribution is 0.527. The first kappa shape index (κ1) is 11.9. The minimum absolute atomic E-state index is 0.0465. The summed E-state index contributed by atoms with van der Waals surface area (Å²) in [5.41, 5.74) is 5.34. The van der Waals surface area contributed by atoms with Gasteiger partial charge in [0.2, 0.25) is 0 Å². The minimum atomic E-state index is -3.29. The van der Waals surface area contributed by atoms with Crippen LogP contribution < -0.4 is 15.2 Å². The van der Waals surface area contributed by atoms with Gasteiger partial charge in [-0.2, -0.15) is 17.9 Å². The highest BCUT2D eigenvalue weighted by atomic mass is 32.2. The van der Waals surface area contributed by atoms with Crippen molar-refractivity contribution in [1.82, 2.24) is 9.44 Å². The summed E-state index contributed by atoms with van der Waals surface area (Å²) in [5, 5.41) is 0. The van der Waals surface area contributed by atoms with Crippen LogP contribution in [0.1, 0.15) is 32.6 Å². The normalized spacial score (nSPS) is 19.6. The molecule has 0 aliphatic heterocycles. The van der Waals surface area contributed by atoms with Gasteiger partial charge in [0, 0.05) is 12.1 Å². The Labute approximate surface area is 85.6 Å². The van der Waals surface area contributed by atoms with Gasteiger partial charge in [-0.3, -0.25) is 0 Å². The van der Waals surface area contributed by atoms with Gasteiger partial charge >= 0.3 is 0 Å². The van der Waals surface area contributed by atoms with Crippen molar-refractivity contribution >= 4 is 10.2 Å². The van der Waals surface area contributed by atoms with Crippen molar-refractivity contribution in [3.8, 4) is 0 Å². The molecule has 1 aliphatic carbocycles. The van der Waals surface area contributed by atoms with Crippen molar-refractivity contribution in [1.29, 1.82) is 0 Å². The number of nitrogens with two attached hydrogens (primary N) is 1. The van der Waals surface area contributed by atoms with Crippen LogP contribution in [0.4, 0.5) is 0 Å². The first-order chi connectivity index (χ1) is 6.53. The second kappa shape index (κ2) is 5.06. The quantitative estimate of drug-likeness (QED) is 0.552. The van der Waals surface area contributed by atoms with Crippen molar-refractivity contribution in [2.75, 3.05) is 6.54 Å². The minimum Gasteiger partial charge on any atom is -0.330 e. The summed E-state index contributed by atoms with van der Waals surface area (Å²) in [4.78, 5) is 0. The predicted molar refractivity (Wildman–Crippen MR) is 56.0 cm³/mol. The van der Waals surface area contributed by atoms with E-state index in [1.54, 1.807) is 0 Å². The molecule has 1 saturated carbocycles. The van der Waals surface area contributed by atoms with Gasteiger partial charge in [0.1, 0.15) is 0 Å². The highest BCUT2D eigenvalue weighted by Gasteiger charge is 2.27. The van der Waals surface area contributed by atoms with Crippen molar-refractivity contribution < 1.29 is 8.42 Å². The molecule has 0 radical (unpaired) electrons. The van der Waals surface area contributed by atoms with Crippen LogP contribution in [0.3, 0.4) is 0 Å². The molecule has 0 heterocycles. The molecule has 0 aromatic carbocycles. The molecule has 5 nitrogen and oxygen atoms in total. The van der Waals surface area contributed by atoms with Gasteiger partial charge in [-0.15, -0.1) is 0 Å². The third kappa shape index (κ3) is 4.90. The number of hydrogen-bond acceptors (Lipinski definition) is 3. The fourth-order valence-electron chi connectivity index (χ4n) is 1.20. The largest absolute Gasteiger partial charge is 0.330 e. The van der Waals surface area contributed by atoms with Crippen molar-refractivity contribution in [2.45, 2.75) is 44.7 Å². The van der Waals surface area contributed by atoms with E-state index in [0.717, 1.165) is 25.7 Å². The van der Waals surface area contributed by atoms with E-state index in [1.807, 2.05) is 6.92 Å². The standard InChI is InChI=1S/C8H19N3O2S/c1-7(3-2-6-9)10-14(12,13)11-8-4-5-8/h7-8,10-11H,2-6,9H2,1H3. The highest BCUT2D eigenvalue weighted by Crippen LogP contribution is 2.19. The zero-order chi connectivity index (χ0) is 10.6. The van der Waals surface area contributed by atoms with E-state index in [0.29, 0.717) is 6.54 Å². The molecule has 0 spiro atoms. The zero-order valence-electron chi connectivity index (χ0n) is 8.49. The summed E-state index contributed by atoms with van der Waals surface area (Å²) in [7, 11) is -3.29. The average Bonchev–Trinajstić information content (AvgIpc) is 2.82. The second-order valence-electron chi connectivity index (χ2n) is 3.85. The van der Waals surface area contributed by atoms with E-state index in [1.165, 1.54) is 0 Å². The SMILES string of the molecule is CC(CCCN)NS(=O)(=O)NC1CC1. The molecule has 14 heavy (non-hydrogen) atoms. The molecular weight excluding hydrogens is 202 g/mol. The van der Waals surface area contributed by atoms with Crippen molar-refractivity contribution in [2.24, 2.45) is 5.73 Å². The summed E-state index contributed by atoms with van der Waals surface area (Å²) in [6.07, 6.45) is 3.53. The topological polar surface area (TPSA) is 84.2 Å². The van der Waals surface area contributed by atoms with Gasteiger partial charge in [-0.25, -0.2) is 0 Å². The summed E-state index contributed by atoms with van der Waals surface area (Å²) in [5.74, 6) is 0. The van der Waals surface area contributed by atoms with Gasteiger partial charge in [0.15, 0.2) is 0 Å². The van der Waals surface area contributed by atoms with Crippen LogP contribution in [0.2, 0.25) is 0 Å². The van der Waals surface area contributed by atoms with E-state index in [4.69, 9.17) is 5.73 Å². The monoisotopic (exact) mass is 221 g/mol. The predicted octanol–water partition coefficient (Wildman–Crippen LogP) is -0.300. The molecule has 0 saturated heterocycles. The fraction of sp³-hybridized carbons (Fsp3) is 1.00. The van der Waals surface area contributed by atoms with Gasteiger partial charge in [0.25, 0.3) is 10.2 Å². The van der Waals surface area contributed by atoms with Crippen LogP contribution in [0.25, 0.3) is 0 Å². The molecule has 1 aliphatic rings. The summed E-state index contributed by atoms with van der Waals surface area (Å²) >= 11 is 0. The molecule has 0 aromatic heterocycles. The van der Waals surface area contributed by atoms with Crippen LogP contribution in [-0.2, 0) is 10.2 Å². The van der Waals surface area contributed by atoms with E-state index < -0.39 is 10.2 Å². The number of nitrogens with one attached hydrogen (secondary N) is 2. The van der Waals surface area contributed by atoms with Crippen LogP contribution in [0, 0.1) is 0 Å². The summed E-state index contributed by atoms with van der Waals surface area (Å²) in [6.45, 7) is 2.45. The van der Waals surface area contributed by atoms with E-state index >= 15 is 0 Å². The molecule has 0 amide bonds. The van der Waals surface area contributed by atoms with Gasteiger partial charge < -0.3 is 5.73 Å². The molecule has 4 N–H and O–H groups in total. The maximum atomic E-state index is 11.4. The maximum absolute atomic E-state index is 11.4. The third-order valence-corrected chi connectivity index (χ3v) is 3.45. The Morgan fingerprint density at radius 1 is 1.50 bits per heavy atom. The third-order valence-electron chi connectivity index (χ3n) is 2.10. The molecule has 0 aromatic rings. The number of hydrogen-bond donors (Lipinski definition) is 3. The van der Waals surface area contributed by atoms with E-state index in [2.05, 4.69) is 9.44 Å². The maximum Gasteiger partial charge on any atom is 0.277 e. The molecule has 1 rings (SSSR count). The Kier molecular flexibility index (Phi) is 4.31. The molecule has 0 bridgehead atoms. The number of rotatable bonds is 7. The van der Waals surface area contributed by atoms with Gasteiger partial charge in [-0.05, 0) is 39.2 Å². The summed E-state index contributed by atoms with van der Waals surface area (Å²) in [6, 6.07) is 0.115. The van der Waals surface area contributed by atoms with Crippen LogP contribution in [0.15, 0.2) is 0 Å². The van der Waals surface area contributed by atoms with E-state index in [-0.39, 0.29) is 12.1 Å². The average molecular weight is 221 g/mol. The van der Waals surface area contributed by atoms with Gasteiger partial charge in [-0.1, -0.05) is 0 Å². The Balaban J connectivity index is 2.25. The molecular formula is C8H19N3O2S. The van der Waals surface area contributed by atoms with Crippen LogP contribution in [-0.4, -0.2) is 27.0 Å². The molecule has 1 unspecified atom stereocenters. The molecule has 1 atom stereocenters. The molecule has 6 heteroatoms. The van der Waals surface area contributed by atoms with Crippen molar-refractivity contribution in [3.05, 3.63) is 0 Å². The zero-order valence-corrected chi connectivity index (χ0v) is 9.31. The van der Waals surface area contributed by atoms with Crippen LogP contribution >= 0.6 is 0 Å². The summed E-state index contributed by atoms with van der Waals surface area (Å²) < 4.78 is 27.9. The van der Waals surface area contributed by atoms with Crippen LogP contribution in [0.5, 0.6) is 0 Å². The first-order valence-electron chi connectivity index (χ1n) is 5.03. The Morgan fingerprint density at radius 3 is 2.64 bits per heavy atom. The Hall–Kier alpha value is -0.170. The Bertz CT molecular complexity index is 262. The van der Waals surface area contributed by atoms with Gasteiger partial charge in [0.05, 0.1) is 0 Å². The smallest absolute Gasteiger partial charge is 0.277 e. The van der Waals surface area contributed by atoms with E-state index in [9.17, 15) is 8.42 Å². The lowest BCUT2D eigenvalue weighted by Gasteiger charge is -2.13. The van der Waals surface area contributed by atoms with Crippen molar-refractivity contribution in [3.63, 3.8) is 0 Å². The lowest BCUT2D eigenvalue weighted by atomic mass is 10.2. The molecule has 1 fully saturated rings. The fourth-order valence-corrected chi connectivity index (χ4v) is 2.59. The molecule has 84 valence electrons. The highest BCUT2D eigenvalue weighted by molar-refractivity contribution is 7.87. The second-order valence-corrected chi connectivity index (χ2v) is 5.32. The lowest BCUT2D eigenvalue weighted by Crippen LogP contribution is -2.42.